The number of benzene rings is 3. The van der Waals surface area contributed by atoms with Crippen molar-refractivity contribution >= 4 is 33.1 Å². The molecule has 0 amide bonds. The standard InChI is InChI=1S/C15H8ClNO/c16-15-12-7-3-1-5-10(12)14(9-17-18)11-6-2-4-8-13(11)15/h1-8H. The fourth-order valence-electron chi connectivity index (χ4n) is 2.24. The van der Waals surface area contributed by atoms with Crippen LogP contribution in [0.3, 0.4) is 0 Å². The summed E-state index contributed by atoms with van der Waals surface area (Å²) in [5, 5.41) is 17.6. The van der Waals surface area contributed by atoms with Crippen LogP contribution < -0.4 is 0 Å². The summed E-state index contributed by atoms with van der Waals surface area (Å²) in [5.74, 6) is 0. The summed E-state index contributed by atoms with van der Waals surface area (Å²) in [6.45, 7) is 0. The maximum absolute atomic E-state index is 10.6. The third-order valence-electron chi connectivity index (χ3n) is 3.02. The van der Waals surface area contributed by atoms with Crippen LogP contribution in [0.1, 0.15) is 5.56 Å². The van der Waals surface area contributed by atoms with Crippen LogP contribution in [0.4, 0.5) is 0 Å². The normalized spacial score (nSPS) is 10.3. The quantitative estimate of drug-likeness (QED) is 0.417. The molecule has 0 heterocycles. The highest BCUT2D eigenvalue weighted by molar-refractivity contribution is 6.41. The summed E-state index contributed by atoms with van der Waals surface area (Å²) in [4.78, 5) is 0. The fourth-order valence-corrected chi connectivity index (χ4v) is 2.57. The van der Waals surface area contributed by atoms with Gasteiger partial charge in [-0.1, -0.05) is 60.1 Å². The number of nitrogens with zero attached hydrogens (tertiary/aromatic N) is 1. The van der Waals surface area contributed by atoms with Crippen molar-refractivity contribution in [1.82, 2.24) is 0 Å². The van der Waals surface area contributed by atoms with E-state index < -0.39 is 0 Å². The lowest BCUT2D eigenvalue weighted by atomic mass is 9.97. The van der Waals surface area contributed by atoms with E-state index in [4.69, 9.17) is 11.6 Å². The molecule has 0 bridgehead atoms. The predicted octanol–water partition coefficient (Wildman–Crippen LogP) is 4.83. The molecular formula is C15H8ClNO. The van der Waals surface area contributed by atoms with E-state index in [1.165, 1.54) is 0 Å². The van der Waals surface area contributed by atoms with Crippen LogP contribution in [0.2, 0.25) is 5.02 Å². The second kappa shape index (κ2) is 4.21. The number of hydrogen-bond acceptors (Lipinski definition) is 1. The van der Waals surface area contributed by atoms with Gasteiger partial charge in [-0.25, -0.2) is 0 Å². The van der Waals surface area contributed by atoms with E-state index in [1.54, 1.807) is 0 Å². The Morgan fingerprint density at radius 1 is 0.833 bits per heavy atom. The third kappa shape index (κ3) is 1.49. The first-order chi connectivity index (χ1) is 8.83. The summed E-state index contributed by atoms with van der Waals surface area (Å²) < 4.78 is 0. The maximum Gasteiger partial charge on any atom is 0.337 e. The van der Waals surface area contributed by atoms with Crippen LogP contribution in [-0.4, -0.2) is 0 Å². The van der Waals surface area contributed by atoms with E-state index in [1.807, 2.05) is 48.5 Å². The minimum Gasteiger partial charge on any atom is -0.498 e. The molecule has 2 nitrogen and oxygen atoms in total. The van der Waals surface area contributed by atoms with Crippen LogP contribution in [-0.2, 0) is 0 Å². The van der Waals surface area contributed by atoms with Crippen molar-refractivity contribution in [1.29, 1.82) is 0 Å². The van der Waals surface area contributed by atoms with Crippen molar-refractivity contribution in [3.63, 3.8) is 0 Å². The molecule has 18 heavy (non-hydrogen) atoms. The molecule has 0 aliphatic rings. The van der Waals surface area contributed by atoms with Crippen LogP contribution in [0.15, 0.2) is 48.5 Å². The highest BCUT2D eigenvalue weighted by Gasteiger charge is 2.13. The molecule has 3 aromatic rings. The van der Waals surface area contributed by atoms with Gasteiger partial charge in [-0.3, -0.25) is 0 Å². The molecule has 86 valence electrons. The van der Waals surface area contributed by atoms with Gasteiger partial charge >= 0.3 is 6.07 Å². The molecule has 0 unspecified atom stereocenters. The van der Waals surface area contributed by atoms with Crippen molar-refractivity contribution in [2.75, 3.05) is 0 Å². The fraction of sp³-hybridized carbons (Fsp3) is 0. The number of hydrogen-bond donors (Lipinski definition) is 0. The molecular weight excluding hydrogens is 246 g/mol. The van der Waals surface area contributed by atoms with Crippen molar-refractivity contribution in [2.45, 2.75) is 0 Å². The van der Waals surface area contributed by atoms with Crippen molar-refractivity contribution in [3.05, 3.63) is 69.3 Å². The number of fused-ring (bicyclic) bond motifs is 2. The topological polar surface area (TPSA) is 27.4 Å². The average molecular weight is 254 g/mol. The SMILES string of the molecule is [O-][N+]#Cc1c2ccccc2c(Cl)c2ccccc12. The Bertz CT molecular complexity index is 758. The van der Waals surface area contributed by atoms with E-state index >= 15 is 0 Å². The minimum atomic E-state index is 0.692. The summed E-state index contributed by atoms with van der Waals surface area (Å²) in [6.07, 6.45) is 0. The Balaban J connectivity index is 2.65. The Hall–Kier alpha value is -2.24. The van der Waals surface area contributed by atoms with Crippen molar-refractivity contribution in [3.8, 4) is 6.07 Å². The lowest BCUT2D eigenvalue weighted by Crippen LogP contribution is -1.85. The van der Waals surface area contributed by atoms with Gasteiger partial charge in [0, 0.05) is 26.6 Å². The first-order valence-corrected chi connectivity index (χ1v) is 5.88. The monoisotopic (exact) mass is 253 g/mol. The molecule has 0 radical (unpaired) electrons. The molecule has 0 aliphatic heterocycles. The van der Waals surface area contributed by atoms with E-state index in [-0.39, 0.29) is 0 Å². The number of rotatable bonds is 0. The minimum absolute atomic E-state index is 0.692. The lowest BCUT2D eigenvalue weighted by molar-refractivity contribution is 1.73. The Kier molecular flexibility index (Phi) is 2.55. The molecule has 0 N–H and O–H groups in total. The molecule has 0 saturated heterocycles. The zero-order valence-electron chi connectivity index (χ0n) is 9.35. The summed E-state index contributed by atoms with van der Waals surface area (Å²) >= 11 is 6.41. The summed E-state index contributed by atoms with van der Waals surface area (Å²) in [7, 11) is 0. The van der Waals surface area contributed by atoms with E-state index in [0.29, 0.717) is 10.6 Å². The van der Waals surface area contributed by atoms with Gasteiger partial charge in [0.25, 0.3) is 0 Å². The van der Waals surface area contributed by atoms with E-state index in [0.717, 1.165) is 21.5 Å². The Labute approximate surface area is 109 Å². The zero-order valence-corrected chi connectivity index (χ0v) is 10.1. The van der Waals surface area contributed by atoms with Gasteiger partial charge in [0.1, 0.15) is 5.56 Å². The number of halogens is 1. The molecule has 0 fully saturated rings. The van der Waals surface area contributed by atoms with Crippen molar-refractivity contribution in [2.24, 2.45) is 0 Å². The van der Waals surface area contributed by atoms with Crippen LogP contribution in [0.25, 0.3) is 26.6 Å². The highest BCUT2D eigenvalue weighted by atomic mass is 35.5. The zero-order chi connectivity index (χ0) is 12.5. The maximum atomic E-state index is 10.6. The predicted molar refractivity (Wildman–Crippen MR) is 76.2 cm³/mol. The molecule has 3 rings (SSSR count). The smallest absolute Gasteiger partial charge is 0.337 e. The first kappa shape index (κ1) is 10.9. The van der Waals surface area contributed by atoms with Gasteiger partial charge in [0.15, 0.2) is 0 Å². The average Bonchev–Trinajstić information content (AvgIpc) is 2.43. The molecule has 0 aliphatic carbocycles. The van der Waals surface area contributed by atoms with Crippen LogP contribution in [0.5, 0.6) is 0 Å². The molecule has 3 heteroatoms. The molecule has 0 spiro atoms. The van der Waals surface area contributed by atoms with Gasteiger partial charge in [-0.15, -0.1) is 0 Å². The van der Waals surface area contributed by atoms with E-state index in [9.17, 15) is 5.21 Å². The lowest BCUT2D eigenvalue weighted by Gasteiger charge is -2.07. The van der Waals surface area contributed by atoms with Gasteiger partial charge in [-0.05, 0) is 0 Å². The van der Waals surface area contributed by atoms with Crippen LogP contribution in [0, 0.1) is 11.3 Å². The van der Waals surface area contributed by atoms with E-state index in [2.05, 4.69) is 11.1 Å². The van der Waals surface area contributed by atoms with Gasteiger partial charge in [-0.2, -0.15) is 0 Å². The Morgan fingerprint density at radius 3 is 1.72 bits per heavy atom. The van der Waals surface area contributed by atoms with Gasteiger partial charge in [0.05, 0.1) is 5.02 Å². The van der Waals surface area contributed by atoms with Crippen LogP contribution >= 0.6 is 11.6 Å². The molecule has 0 saturated carbocycles. The third-order valence-corrected chi connectivity index (χ3v) is 3.43. The Morgan fingerprint density at radius 2 is 1.28 bits per heavy atom. The molecule has 0 aromatic heterocycles. The van der Waals surface area contributed by atoms with Crippen molar-refractivity contribution < 1.29 is 0 Å². The molecule has 3 aromatic carbocycles. The van der Waals surface area contributed by atoms with Gasteiger partial charge in [0.2, 0.25) is 0 Å². The first-order valence-electron chi connectivity index (χ1n) is 5.50. The second-order valence-electron chi connectivity index (χ2n) is 3.98. The largest absolute Gasteiger partial charge is 0.498 e. The van der Waals surface area contributed by atoms with Gasteiger partial charge < -0.3 is 5.21 Å². The second-order valence-corrected chi connectivity index (χ2v) is 4.36. The highest BCUT2D eigenvalue weighted by Crippen LogP contribution is 2.35. The summed E-state index contributed by atoms with van der Waals surface area (Å²) in [5.41, 5.74) is 0.695. The molecule has 0 atom stereocenters. The summed E-state index contributed by atoms with van der Waals surface area (Å²) in [6, 6.07) is 17.9.